The van der Waals surface area contributed by atoms with Crippen molar-refractivity contribution in [2.75, 3.05) is 51.3 Å². The lowest BCUT2D eigenvalue weighted by molar-refractivity contribution is 0.0946. The molecule has 1 N–H and O–H groups in total. The monoisotopic (exact) mass is 631 g/mol. The number of hydrogen-bond acceptors (Lipinski definition) is 5. The van der Waals surface area contributed by atoms with Crippen molar-refractivity contribution < 1.29 is 9.53 Å². The van der Waals surface area contributed by atoms with E-state index in [1.807, 2.05) is 43.3 Å². The van der Waals surface area contributed by atoms with Gasteiger partial charge in [-0.15, -0.1) is 37.2 Å². The average molecular weight is 633 g/mol. The summed E-state index contributed by atoms with van der Waals surface area (Å²) in [7, 11) is 1.66. The number of hydrogen-bond donors (Lipinski definition) is 1. The number of rotatable bonds is 10. The van der Waals surface area contributed by atoms with Gasteiger partial charge < -0.3 is 15.0 Å². The molecule has 7 nitrogen and oxygen atoms in total. The number of amides is 1. The van der Waals surface area contributed by atoms with Crippen molar-refractivity contribution in [2.24, 2.45) is 0 Å². The van der Waals surface area contributed by atoms with Crippen molar-refractivity contribution in [1.82, 2.24) is 19.8 Å². The van der Waals surface area contributed by atoms with Gasteiger partial charge >= 0.3 is 0 Å². The van der Waals surface area contributed by atoms with E-state index in [9.17, 15) is 4.79 Å². The van der Waals surface area contributed by atoms with Crippen LogP contribution in [0.3, 0.4) is 0 Å². The number of anilines is 1. The minimum Gasteiger partial charge on any atom is -0.495 e. The first-order valence-corrected chi connectivity index (χ1v) is 13.5. The maximum absolute atomic E-state index is 13.1. The Bertz CT molecular complexity index is 1230. The zero-order chi connectivity index (χ0) is 26.4. The van der Waals surface area contributed by atoms with Crippen LogP contribution in [0.25, 0.3) is 5.69 Å². The largest absolute Gasteiger partial charge is 0.495 e. The number of benzene rings is 2. The molecule has 40 heavy (non-hydrogen) atoms. The summed E-state index contributed by atoms with van der Waals surface area (Å²) in [4.78, 5) is 22.7. The van der Waals surface area contributed by atoms with Crippen molar-refractivity contribution in [2.45, 2.75) is 40.0 Å². The van der Waals surface area contributed by atoms with Gasteiger partial charge in [0.15, 0.2) is 0 Å². The van der Waals surface area contributed by atoms with E-state index >= 15 is 0 Å². The van der Waals surface area contributed by atoms with Gasteiger partial charge in [-0.25, -0.2) is 4.98 Å². The number of nitrogens with one attached hydrogen (secondary N) is 1. The summed E-state index contributed by atoms with van der Waals surface area (Å²) < 4.78 is 7.63. The first-order valence-electron chi connectivity index (χ1n) is 13.2. The Morgan fingerprint density at radius 2 is 1.68 bits per heavy atom. The summed E-state index contributed by atoms with van der Waals surface area (Å²) >= 11 is 6.31. The quantitative estimate of drug-likeness (QED) is 0.265. The highest BCUT2D eigenvalue weighted by Gasteiger charge is 2.22. The van der Waals surface area contributed by atoms with Crippen LogP contribution < -0.4 is 15.0 Å². The molecule has 1 amide bonds. The molecule has 4 rings (SSSR count). The number of aromatic nitrogens is 2. The molecule has 2 aromatic carbocycles. The van der Waals surface area contributed by atoms with Gasteiger partial charge in [0.1, 0.15) is 17.3 Å². The van der Waals surface area contributed by atoms with E-state index < -0.39 is 0 Å². The Morgan fingerprint density at radius 1 is 1.00 bits per heavy atom. The van der Waals surface area contributed by atoms with Crippen LogP contribution in [0.1, 0.15) is 47.3 Å². The van der Waals surface area contributed by atoms with E-state index in [1.165, 1.54) is 5.69 Å². The third kappa shape index (κ3) is 8.20. The number of para-hydroxylation sites is 2. The first kappa shape index (κ1) is 35.9. The summed E-state index contributed by atoms with van der Waals surface area (Å²) in [6, 6.07) is 14.0. The highest BCUT2D eigenvalue weighted by molar-refractivity contribution is 6.31. The van der Waals surface area contributed by atoms with Crippen molar-refractivity contribution in [3.8, 4) is 11.4 Å². The zero-order valence-electron chi connectivity index (χ0n) is 23.6. The van der Waals surface area contributed by atoms with Crippen LogP contribution in [-0.2, 0) is 6.42 Å². The molecule has 1 aliphatic heterocycles. The molecule has 0 saturated carbocycles. The minimum atomic E-state index is -0.121. The van der Waals surface area contributed by atoms with E-state index in [4.69, 9.17) is 21.3 Å². The van der Waals surface area contributed by atoms with Crippen LogP contribution in [0.4, 0.5) is 5.69 Å². The fourth-order valence-electron chi connectivity index (χ4n) is 5.04. The van der Waals surface area contributed by atoms with Crippen molar-refractivity contribution >= 4 is 60.4 Å². The van der Waals surface area contributed by atoms with Gasteiger partial charge in [-0.3, -0.25) is 14.3 Å². The van der Waals surface area contributed by atoms with Gasteiger partial charge in [0.05, 0.1) is 18.5 Å². The number of halogens is 4. The summed E-state index contributed by atoms with van der Waals surface area (Å²) in [5.41, 5.74) is 4.60. The van der Waals surface area contributed by atoms with Crippen LogP contribution in [0.15, 0.2) is 42.5 Å². The predicted molar refractivity (Wildman–Crippen MR) is 172 cm³/mol. The molecule has 1 aliphatic rings. The van der Waals surface area contributed by atoms with E-state index in [2.05, 4.69) is 39.6 Å². The maximum atomic E-state index is 13.1. The number of imidazole rings is 1. The van der Waals surface area contributed by atoms with E-state index in [0.29, 0.717) is 12.2 Å². The molecule has 0 atom stereocenters. The van der Waals surface area contributed by atoms with Gasteiger partial charge in [0.25, 0.3) is 5.91 Å². The lowest BCUT2D eigenvalue weighted by Gasteiger charge is -2.37. The fraction of sp³-hybridized carbons (Fsp3) is 0.448. The zero-order valence-corrected chi connectivity index (χ0v) is 26.8. The van der Waals surface area contributed by atoms with Crippen molar-refractivity contribution in [3.05, 3.63) is 70.3 Å². The number of piperazine rings is 1. The van der Waals surface area contributed by atoms with Crippen LogP contribution in [0, 0.1) is 13.8 Å². The Labute approximate surface area is 261 Å². The van der Waals surface area contributed by atoms with Gasteiger partial charge in [-0.1, -0.05) is 36.7 Å². The molecule has 0 bridgehead atoms. The summed E-state index contributed by atoms with van der Waals surface area (Å²) in [6.45, 7) is 11.7. The van der Waals surface area contributed by atoms with Crippen LogP contribution in [0.5, 0.6) is 5.75 Å². The lowest BCUT2D eigenvalue weighted by atomic mass is 10.1. The molecule has 11 heteroatoms. The Morgan fingerprint density at radius 3 is 2.35 bits per heavy atom. The number of ether oxygens (including phenoxy) is 1. The third-order valence-electron chi connectivity index (χ3n) is 7.08. The van der Waals surface area contributed by atoms with Crippen LogP contribution in [-0.4, -0.2) is 66.7 Å². The van der Waals surface area contributed by atoms with E-state index in [1.54, 1.807) is 7.11 Å². The van der Waals surface area contributed by atoms with Crippen molar-refractivity contribution in [1.29, 1.82) is 0 Å². The molecular weight excluding hydrogens is 592 g/mol. The summed E-state index contributed by atoms with van der Waals surface area (Å²) in [5.74, 6) is 1.52. The van der Waals surface area contributed by atoms with Crippen molar-refractivity contribution in [3.63, 3.8) is 0 Å². The molecule has 0 spiro atoms. The molecular formula is C29H41Cl4N5O2. The molecule has 0 radical (unpaired) electrons. The SMILES string of the molecule is CCCc1nc(C(=O)NCCCN2CCN(c3cccc(Cl)c3C)CC2)c(C)n1-c1ccccc1OC.Cl.Cl.Cl. The number of carbonyl (C=O) groups is 1. The highest BCUT2D eigenvalue weighted by atomic mass is 35.5. The van der Waals surface area contributed by atoms with Gasteiger partial charge in [-0.2, -0.15) is 0 Å². The Balaban J connectivity index is 0.00000267. The number of methoxy groups -OCH3 is 1. The smallest absolute Gasteiger partial charge is 0.271 e. The molecule has 2 heterocycles. The van der Waals surface area contributed by atoms with Crippen LogP contribution in [0.2, 0.25) is 5.02 Å². The predicted octanol–water partition coefficient (Wildman–Crippen LogP) is 6.31. The maximum Gasteiger partial charge on any atom is 0.271 e. The van der Waals surface area contributed by atoms with Gasteiger partial charge in [-0.05, 0) is 63.1 Å². The minimum absolute atomic E-state index is 0. The highest BCUT2D eigenvalue weighted by Crippen LogP contribution is 2.28. The molecule has 3 aromatic rings. The van der Waals surface area contributed by atoms with Gasteiger partial charge in [0.2, 0.25) is 0 Å². The molecule has 1 fully saturated rings. The van der Waals surface area contributed by atoms with E-state index in [-0.39, 0.29) is 43.1 Å². The summed E-state index contributed by atoms with van der Waals surface area (Å²) in [5, 5.41) is 3.91. The number of aryl methyl sites for hydroxylation is 1. The molecule has 1 aromatic heterocycles. The van der Waals surface area contributed by atoms with Gasteiger partial charge in [0, 0.05) is 49.9 Å². The lowest BCUT2D eigenvalue weighted by Crippen LogP contribution is -2.47. The second-order valence-electron chi connectivity index (χ2n) is 9.54. The molecule has 0 unspecified atom stereocenters. The molecule has 222 valence electrons. The first-order chi connectivity index (χ1) is 17.9. The fourth-order valence-corrected chi connectivity index (χ4v) is 5.21. The standard InChI is InChI=1S/C29H38ClN5O2.3ClH/c1-5-10-27-32-28(22(3)35(27)25-12-6-7-14-26(25)37-4)29(36)31-15-9-16-33-17-19-34(20-18-33)24-13-8-11-23(30)21(24)2;;;/h6-8,11-14H,5,9-10,15-20H2,1-4H3,(H,31,36);3*1H. The normalized spacial score (nSPS) is 13.1. The number of carbonyl (C=O) groups excluding carboxylic acids is 1. The van der Waals surface area contributed by atoms with E-state index in [0.717, 1.165) is 85.5 Å². The Hall–Kier alpha value is -2.16. The van der Waals surface area contributed by atoms with Crippen LogP contribution >= 0.6 is 48.8 Å². The molecule has 1 saturated heterocycles. The third-order valence-corrected chi connectivity index (χ3v) is 7.49. The summed E-state index contributed by atoms with van der Waals surface area (Å²) in [6.07, 6.45) is 2.62. The second-order valence-corrected chi connectivity index (χ2v) is 9.95. The average Bonchev–Trinajstić information content (AvgIpc) is 3.24. The number of nitrogens with zero attached hydrogens (tertiary/aromatic N) is 4. The topological polar surface area (TPSA) is 62.6 Å². The second kappa shape index (κ2) is 16.9. The Kier molecular flexibility index (Phi) is 15.2. The molecule has 0 aliphatic carbocycles.